The minimum atomic E-state index is -0.459. The number of amides is 1. The molecule has 104 valence electrons. The van der Waals surface area contributed by atoms with Crippen molar-refractivity contribution < 1.29 is 9.53 Å². The number of nitrogens with two attached hydrogens (primary N) is 1. The molecule has 0 bridgehead atoms. The summed E-state index contributed by atoms with van der Waals surface area (Å²) in [5.41, 5.74) is 6.10. The molecule has 0 radical (unpaired) electrons. The van der Waals surface area contributed by atoms with Crippen molar-refractivity contribution in [3.05, 3.63) is 24.3 Å². The number of ether oxygens (including phenoxy) is 1. The fourth-order valence-electron chi connectivity index (χ4n) is 2.47. The number of carbonyl (C=O) groups excluding carboxylic acids is 1. The quantitative estimate of drug-likeness (QED) is 0.857. The van der Waals surface area contributed by atoms with E-state index >= 15 is 0 Å². The molecule has 0 spiro atoms. The highest BCUT2D eigenvalue weighted by Crippen LogP contribution is 2.27. The number of carbonyl (C=O) groups is 1. The number of hydrogen-bond acceptors (Lipinski definition) is 3. The van der Waals surface area contributed by atoms with E-state index in [1.807, 2.05) is 24.3 Å². The van der Waals surface area contributed by atoms with Gasteiger partial charge >= 0.3 is 0 Å². The minimum Gasteiger partial charge on any atom is -0.484 e. The SMILES string of the molecule is CC1CCC(Nc2cccc(OCC(N)=O)c2)CC1. The number of anilines is 1. The van der Waals surface area contributed by atoms with Gasteiger partial charge in [-0.3, -0.25) is 4.79 Å². The van der Waals surface area contributed by atoms with E-state index in [9.17, 15) is 4.79 Å². The average molecular weight is 262 g/mol. The molecule has 3 N–H and O–H groups in total. The molecule has 0 saturated heterocycles. The molecule has 2 rings (SSSR count). The van der Waals surface area contributed by atoms with E-state index in [1.54, 1.807) is 0 Å². The minimum absolute atomic E-state index is 0.0790. The maximum absolute atomic E-state index is 10.7. The first-order valence-electron chi connectivity index (χ1n) is 6.91. The van der Waals surface area contributed by atoms with E-state index in [4.69, 9.17) is 10.5 Å². The van der Waals surface area contributed by atoms with Crippen LogP contribution in [-0.4, -0.2) is 18.6 Å². The lowest BCUT2D eigenvalue weighted by Crippen LogP contribution is -2.25. The van der Waals surface area contributed by atoms with Gasteiger partial charge in [0.25, 0.3) is 5.91 Å². The average Bonchev–Trinajstić information content (AvgIpc) is 2.40. The van der Waals surface area contributed by atoms with Gasteiger partial charge in [0.15, 0.2) is 6.61 Å². The Labute approximate surface area is 114 Å². The number of rotatable bonds is 5. The molecule has 19 heavy (non-hydrogen) atoms. The van der Waals surface area contributed by atoms with Crippen molar-refractivity contribution >= 4 is 11.6 Å². The van der Waals surface area contributed by atoms with Crippen LogP contribution in [0.3, 0.4) is 0 Å². The van der Waals surface area contributed by atoms with E-state index in [0.717, 1.165) is 11.6 Å². The normalized spacial score (nSPS) is 22.8. The molecular formula is C15H22N2O2. The first-order valence-corrected chi connectivity index (χ1v) is 6.91. The van der Waals surface area contributed by atoms with Crippen LogP contribution in [0.1, 0.15) is 32.6 Å². The Balaban J connectivity index is 1.89. The summed E-state index contributed by atoms with van der Waals surface area (Å²) in [6.07, 6.45) is 5.01. The maximum atomic E-state index is 10.7. The van der Waals surface area contributed by atoms with Crippen molar-refractivity contribution in [1.82, 2.24) is 0 Å². The van der Waals surface area contributed by atoms with Crippen molar-refractivity contribution in [3.63, 3.8) is 0 Å². The van der Waals surface area contributed by atoms with Gasteiger partial charge in [-0.2, -0.15) is 0 Å². The molecule has 0 aromatic heterocycles. The van der Waals surface area contributed by atoms with Crippen LogP contribution in [-0.2, 0) is 4.79 Å². The number of benzene rings is 1. The first-order chi connectivity index (χ1) is 9.13. The molecule has 0 heterocycles. The highest BCUT2D eigenvalue weighted by molar-refractivity contribution is 5.75. The van der Waals surface area contributed by atoms with Crippen LogP contribution >= 0.6 is 0 Å². The van der Waals surface area contributed by atoms with Crippen LogP contribution < -0.4 is 15.8 Å². The summed E-state index contributed by atoms with van der Waals surface area (Å²) < 4.78 is 5.30. The summed E-state index contributed by atoms with van der Waals surface area (Å²) in [4.78, 5) is 10.7. The molecule has 0 aliphatic heterocycles. The second kappa shape index (κ2) is 6.45. The van der Waals surface area contributed by atoms with E-state index in [1.165, 1.54) is 25.7 Å². The van der Waals surface area contributed by atoms with E-state index in [0.29, 0.717) is 11.8 Å². The molecule has 1 amide bonds. The molecule has 0 unspecified atom stereocenters. The zero-order valence-corrected chi connectivity index (χ0v) is 11.4. The molecule has 1 saturated carbocycles. The summed E-state index contributed by atoms with van der Waals surface area (Å²) in [7, 11) is 0. The molecule has 1 aromatic rings. The fourth-order valence-corrected chi connectivity index (χ4v) is 2.47. The van der Waals surface area contributed by atoms with Crippen LogP contribution in [0, 0.1) is 5.92 Å². The molecule has 1 fully saturated rings. The van der Waals surface area contributed by atoms with E-state index in [2.05, 4.69) is 12.2 Å². The zero-order valence-electron chi connectivity index (χ0n) is 11.4. The number of nitrogens with one attached hydrogen (secondary N) is 1. The standard InChI is InChI=1S/C15H22N2O2/c1-11-5-7-12(8-6-11)17-13-3-2-4-14(9-13)19-10-15(16)18/h2-4,9,11-12,17H,5-8,10H2,1H3,(H2,16,18). The highest BCUT2D eigenvalue weighted by atomic mass is 16.5. The molecule has 1 aliphatic carbocycles. The van der Waals surface area contributed by atoms with Crippen LogP contribution in [0.5, 0.6) is 5.75 Å². The van der Waals surface area contributed by atoms with Gasteiger partial charge in [-0.25, -0.2) is 0 Å². The van der Waals surface area contributed by atoms with Gasteiger partial charge in [-0.1, -0.05) is 13.0 Å². The maximum Gasteiger partial charge on any atom is 0.255 e. The van der Waals surface area contributed by atoms with E-state index < -0.39 is 5.91 Å². The van der Waals surface area contributed by atoms with Crippen molar-refractivity contribution in [3.8, 4) is 5.75 Å². The molecule has 1 aliphatic rings. The predicted octanol–water partition coefficient (Wildman–Crippen LogP) is 2.54. The van der Waals surface area contributed by atoms with Crippen LogP contribution in [0.4, 0.5) is 5.69 Å². The smallest absolute Gasteiger partial charge is 0.255 e. The Morgan fingerprint density at radius 1 is 1.37 bits per heavy atom. The second-order valence-electron chi connectivity index (χ2n) is 5.38. The van der Waals surface area contributed by atoms with Crippen molar-refractivity contribution in [1.29, 1.82) is 0 Å². The topological polar surface area (TPSA) is 64.3 Å². The van der Waals surface area contributed by atoms with Gasteiger partial charge in [-0.05, 0) is 43.7 Å². The Hall–Kier alpha value is -1.71. The monoisotopic (exact) mass is 262 g/mol. The molecule has 0 atom stereocenters. The van der Waals surface area contributed by atoms with Crippen LogP contribution in [0.25, 0.3) is 0 Å². The number of primary amides is 1. The van der Waals surface area contributed by atoms with Gasteiger partial charge < -0.3 is 15.8 Å². The lowest BCUT2D eigenvalue weighted by Gasteiger charge is -2.27. The number of hydrogen-bond donors (Lipinski definition) is 2. The largest absolute Gasteiger partial charge is 0.484 e. The van der Waals surface area contributed by atoms with Crippen molar-refractivity contribution in [2.45, 2.75) is 38.6 Å². The molecule has 4 nitrogen and oxygen atoms in total. The summed E-state index contributed by atoms with van der Waals surface area (Å²) >= 11 is 0. The fraction of sp³-hybridized carbons (Fsp3) is 0.533. The zero-order chi connectivity index (χ0) is 13.7. The summed E-state index contributed by atoms with van der Waals surface area (Å²) in [5, 5.41) is 3.53. The third-order valence-electron chi connectivity index (χ3n) is 3.60. The molecule has 4 heteroatoms. The Morgan fingerprint density at radius 2 is 2.11 bits per heavy atom. The molecule has 1 aromatic carbocycles. The first kappa shape index (κ1) is 13.7. The lowest BCUT2D eigenvalue weighted by atomic mass is 9.87. The third kappa shape index (κ3) is 4.47. The van der Waals surface area contributed by atoms with Crippen LogP contribution in [0.2, 0.25) is 0 Å². The van der Waals surface area contributed by atoms with Crippen molar-refractivity contribution in [2.75, 3.05) is 11.9 Å². The van der Waals surface area contributed by atoms with Crippen molar-refractivity contribution in [2.24, 2.45) is 11.7 Å². The third-order valence-corrected chi connectivity index (χ3v) is 3.60. The highest BCUT2D eigenvalue weighted by Gasteiger charge is 2.17. The summed E-state index contributed by atoms with van der Waals surface area (Å²) in [6, 6.07) is 8.24. The van der Waals surface area contributed by atoms with Gasteiger partial charge in [0, 0.05) is 17.8 Å². The summed E-state index contributed by atoms with van der Waals surface area (Å²) in [6.45, 7) is 2.24. The predicted molar refractivity (Wildman–Crippen MR) is 76.2 cm³/mol. The Morgan fingerprint density at radius 3 is 2.79 bits per heavy atom. The molecular weight excluding hydrogens is 240 g/mol. The lowest BCUT2D eigenvalue weighted by molar-refractivity contribution is -0.119. The Bertz CT molecular complexity index is 426. The Kier molecular flexibility index (Phi) is 4.66. The van der Waals surface area contributed by atoms with Gasteiger partial charge in [0.1, 0.15) is 5.75 Å². The second-order valence-corrected chi connectivity index (χ2v) is 5.38. The van der Waals surface area contributed by atoms with Gasteiger partial charge in [-0.15, -0.1) is 0 Å². The van der Waals surface area contributed by atoms with Crippen LogP contribution in [0.15, 0.2) is 24.3 Å². The van der Waals surface area contributed by atoms with Gasteiger partial charge in [0.2, 0.25) is 0 Å². The van der Waals surface area contributed by atoms with Gasteiger partial charge in [0.05, 0.1) is 0 Å². The summed E-state index contributed by atoms with van der Waals surface area (Å²) in [5.74, 6) is 1.07. The van der Waals surface area contributed by atoms with E-state index in [-0.39, 0.29) is 6.61 Å².